The van der Waals surface area contributed by atoms with Crippen LogP contribution in [0.5, 0.6) is 0 Å². The Bertz CT molecular complexity index is 415. The summed E-state index contributed by atoms with van der Waals surface area (Å²) in [5, 5.41) is 11.4. The lowest BCUT2D eigenvalue weighted by molar-refractivity contribution is 0.0946. The standard InChI is InChI=1S/C11H16N2O3S/c1-2-3-8(15)9-6-7(10(12)17-9)11(16)13-4-5-14/h6,14H,2-5,12H2,1H3,(H,13,16). The van der Waals surface area contributed by atoms with Gasteiger partial charge in [-0.15, -0.1) is 11.3 Å². The zero-order valence-corrected chi connectivity index (χ0v) is 10.5. The van der Waals surface area contributed by atoms with E-state index < -0.39 is 0 Å². The zero-order chi connectivity index (χ0) is 12.8. The Kier molecular flexibility index (Phi) is 5.11. The number of Topliss-reactive ketones (excluding diaryl/α,β-unsaturated/α-hetero) is 1. The molecule has 5 nitrogen and oxygen atoms in total. The number of thiophene rings is 1. The van der Waals surface area contributed by atoms with Gasteiger partial charge in [-0.25, -0.2) is 0 Å². The Morgan fingerprint density at radius 1 is 1.53 bits per heavy atom. The molecule has 0 aliphatic carbocycles. The van der Waals surface area contributed by atoms with E-state index in [4.69, 9.17) is 10.8 Å². The number of anilines is 1. The Labute approximate surface area is 104 Å². The topological polar surface area (TPSA) is 92.4 Å². The number of hydrogen-bond acceptors (Lipinski definition) is 5. The van der Waals surface area contributed by atoms with E-state index in [9.17, 15) is 9.59 Å². The smallest absolute Gasteiger partial charge is 0.254 e. The fourth-order valence-corrected chi connectivity index (χ4v) is 2.23. The summed E-state index contributed by atoms with van der Waals surface area (Å²) in [4.78, 5) is 23.8. The normalized spacial score (nSPS) is 10.2. The van der Waals surface area contributed by atoms with Crippen LogP contribution in [0.2, 0.25) is 0 Å². The summed E-state index contributed by atoms with van der Waals surface area (Å²) in [6, 6.07) is 1.52. The number of carbonyl (C=O) groups excluding carboxylic acids is 2. The van der Waals surface area contributed by atoms with Crippen LogP contribution in [0.1, 0.15) is 39.8 Å². The van der Waals surface area contributed by atoms with E-state index in [0.29, 0.717) is 21.9 Å². The quantitative estimate of drug-likeness (QED) is 0.663. The van der Waals surface area contributed by atoms with Gasteiger partial charge in [-0.1, -0.05) is 6.92 Å². The second-order valence-corrected chi connectivity index (χ2v) is 4.63. The molecule has 1 aromatic rings. The average molecular weight is 256 g/mol. The van der Waals surface area contributed by atoms with Gasteiger partial charge in [0, 0.05) is 13.0 Å². The first-order valence-electron chi connectivity index (χ1n) is 5.41. The molecular formula is C11H16N2O3S. The lowest BCUT2D eigenvalue weighted by Crippen LogP contribution is -2.26. The number of carbonyl (C=O) groups is 2. The molecule has 0 saturated heterocycles. The van der Waals surface area contributed by atoms with Crippen LogP contribution in [-0.2, 0) is 0 Å². The Hall–Kier alpha value is -1.40. The van der Waals surface area contributed by atoms with Crippen LogP contribution in [-0.4, -0.2) is 29.9 Å². The number of amides is 1. The highest BCUT2D eigenvalue weighted by Gasteiger charge is 2.16. The van der Waals surface area contributed by atoms with E-state index in [-0.39, 0.29) is 24.8 Å². The molecule has 0 saturated carbocycles. The Balaban J connectivity index is 2.81. The van der Waals surface area contributed by atoms with Crippen LogP contribution in [0.3, 0.4) is 0 Å². The van der Waals surface area contributed by atoms with Crippen LogP contribution >= 0.6 is 11.3 Å². The van der Waals surface area contributed by atoms with Gasteiger partial charge >= 0.3 is 0 Å². The van der Waals surface area contributed by atoms with Gasteiger partial charge in [0.2, 0.25) is 0 Å². The molecule has 1 heterocycles. The molecule has 6 heteroatoms. The largest absolute Gasteiger partial charge is 0.395 e. The third kappa shape index (κ3) is 3.54. The number of hydrogen-bond donors (Lipinski definition) is 3. The molecule has 0 aromatic carbocycles. The molecule has 0 spiro atoms. The number of aliphatic hydroxyl groups excluding tert-OH is 1. The summed E-state index contributed by atoms with van der Waals surface area (Å²) in [5.74, 6) is -0.353. The maximum Gasteiger partial charge on any atom is 0.254 e. The molecule has 0 atom stereocenters. The van der Waals surface area contributed by atoms with Crippen molar-refractivity contribution in [2.24, 2.45) is 0 Å². The van der Waals surface area contributed by atoms with E-state index in [0.717, 1.165) is 17.8 Å². The highest BCUT2D eigenvalue weighted by atomic mass is 32.1. The highest BCUT2D eigenvalue weighted by Crippen LogP contribution is 2.26. The first kappa shape index (κ1) is 13.7. The number of ketones is 1. The Morgan fingerprint density at radius 3 is 2.82 bits per heavy atom. The van der Waals surface area contributed by atoms with Crippen molar-refractivity contribution in [1.29, 1.82) is 0 Å². The van der Waals surface area contributed by atoms with Crippen molar-refractivity contribution in [1.82, 2.24) is 5.32 Å². The van der Waals surface area contributed by atoms with Crippen molar-refractivity contribution < 1.29 is 14.7 Å². The molecule has 0 radical (unpaired) electrons. The van der Waals surface area contributed by atoms with Crippen molar-refractivity contribution in [3.63, 3.8) is 0 Å². The molecule has 4 N–H and O–H groups in total. The second-order valence-electron chi connectivity index (χ2n) is 3.54. The number of aliphatic hydroxyl groups is 1. The molecule has 1 rings (SSSR count). The van der Waals surface area contributed by atoms with Gasteiger partial charge in [-0.3, -0.25) is 9.59 Å². The van der Waals surface area contributed by atoms with Crippen LogP contribution in [0.15, 0.2) is 6.07 Å². The minimum absolute atomic E-state index is 0.00501. The summed E-state index contributed by atoms with van der Waals surface area (Å²) in [6.07, 6.45) is 1.22. The number of rotatable bonds is 6. The predicted molar refractivity (Wildman–Crippen MR) is 67.4 cm³/mol. The summed E-state index contributed by atoms with van der Waals surface area (Å²) in [7, 11) is 0. The minimum Gasteiger partial charge on any atom is -0.395 e. The third-order valence-corrected chi connectivity index (χ3v) is 3.16. The number of nitrogens with one attached hydrogen (secondary N) is 1. The van der Waals surface area contributed by atoms with Gasteiger partial charge < -0.3 is 16.2 Å². The van der Waals surface area contributed by atoms with Gasteiger partial charge in [0.25, 0.3) is 5.91 Å². The van der Waals surface area contributed by atoms with Crippen LogP contribution < -0.4 is 11.1 Å². The lowest BCUT2D eigenvalue weighted by Gasteiger charge is -2.00. The highest BCUT2D eigenvalue weighted by molar-refractivity contribution is 7.18. The van der Waals surface area contributed by atoms with E-state index in [1.54, 1.807) is 0 Å². The Morgan fingerprint density at radius 2 is 2.24 bits per heavy atom. The van der Waals surface area contributed by atoms with Crippen LogP contribution in [0.4, 0.5) is 5.00 Å². The third-order valence-electron chi connectivity index (χ3n) is 2.15. The van der Waals surface area contributed by atoms with Crippen molar-refractivity contribution in [2.45, 2.75) is 19.8 Å². The molecule has 0 fully saturated rings. The second kappa shape index (κ2) is 6.36. The van der Waals surface area contributed by atoms with Crippen molar-refractivity contribution in [3.8, 4) is 0 Å². The van der Waals surface area contributed by atoms with Crippen LogP contribution in [0, 0.1) is 0 Å². The molecule has 0 aliphatic rings. The molecule has 1 aromatic heterocycles. The number of nitrogen functional groups attached to an aromatic ring is 1. The van der Waals surface area contributed by atoms with Crippen molar-refractivity contribution in [3.05, 3.63) is 16.5 Å². The van der Waals surface area contributed by atoms with Gasteiger partial charge in [0.1, 0.15) is 0 Å². The molecule has 94 valence electrons. The van der Waals surface area contributed by atoms with Gasteiger partial charge in [0.05, 0.1) is 22.0 Å². The molecule has 17 heavy (non-hydrogen) atoms. The molecule has 0 aliphatic heterocycles. The summed E-state index contributed by atoms with van der Waals surface area (Å²) < 4.78 is 0. The summed E-state index contributed by atoms with van der Waals surface area (Å²) in [5.41, 5.74) is 6.00. The first-order valence-corrected chi connectivity index (χ1v) is 6.23. The predicted octanol–water partition coefficient (Wildman–Crippen LogP) is 1.04. The monoisotopic (exact) mass is 256 g/mol. The van der Waals surface area contributed by atoms with Gasteiger partial charge in [0.15, 0.2) is 5.78 Å². The number of nitrogens with two attached hydrogens (primary N) is 1. The van der Waals surface area contributed by atoms with E-state index in [1.165, 1.54) is 6.07 Å². The maximum atomic E-state index is 11.6. The maximum absolute atomic E-state index is 11.6. The molecular weight excluding hydrogens is 240 g/mol. The SMILES string of the molecule is CCCC(=O)c1cc(C(=O)NCCO)c(N)s1. The van der Waals surface area contributed by atoms with E-state index in [2.05, 4.69) is 5.32 Å². The van der Waals surface area contributed by atoms with E-state index >= 15 is 0 Å². The molecule has 0 unspecified atom stereocenters. The fraction of sp³-hybridized carbons (Fsp3) is 0.455. The minimum atomic E-state index is -0.358. The van der Waals surface area contributed by atoms with Gasteiger partial charge in [-0.2, -0.15) is 0 Å². The fourth-order valence-electron chi connectivity index (χ4n) is 1.33. The zero-order valence-electron chi connectivity index (χ0n) is 9.66. The first-order chi connectivity index (χ1) is 8.10. The average Bonchev–Trinajstić information content (AvgIpc) is 2.68. The van der Waals surface area contributed by atoms with Crippen LogP contribution in [0.25, 0.3) is 0 Å². The summed E-state index contributed by atoms with van der Waals surface area (Å²) in [6.45, 7) is 1.97. The van der Waals surface area contributed by atoms with Gasteiger partial charge in [-0.05, 0) is 12.5 Å². The van der Waals surface area contributed by atoms with Crippen molar-refractivity contribution >= 4 is 28.0 Å². The van der Waals surface area contributed by atoms with E-state index in [1.807, 2.05) is 6.92 Å². The molecule has 0 bridgehead atoms. The summed E-state index contributed by atoms with van der Waals surface area (Å²) >= 11 is 1.13. The lowest BCUT2D eigenvalue weighted by atomic mass is 10.2. The molecule has 1 amide bonds. The van der Waals surface area contributed by atoms with Crippen molar-refractivity contribution in [2.75, 3.05) is 18.9 Å².